The molecule has 2 aliphatic heterocycles. The van der Waals surface area contributed by atoms with Crippen LogP contribution in [0.5, 0.6) is 5.75 Å². The minimum Gasteiger partial charge on any atom is -0.508 e. The monoisotopic (exact) mass is 288 g/mol. The van der Waals surface area contributed by atoms with Crippen molar-refractivity contribution in [2.75, 3.05) is 7.05 Å². The largest absolute Gasteiger partial charge is 0.508 e. The number of hydrogen-bond acceptors (Lipinski definition) is 3. The molecule has 2 heterocycles. The second-order valence-electron chi connectivity index (χ2n) is 6.48. The van der Waals surface area contributed by atoms with Crippen LogP contribution in [-0.4, -0.2) is 46.0 Å². The van der Waals surface area contributed by atoms with Crippen molar-refractivity contribution in [2.24, 2.45) is 0 Å². The summed E-state index contributed by atoms with van der Waals surface area (Å²) in [4.78, 5) is 16.1. The molecule has 0 aliphatic carbocycles. The molecule has 0 radical (unpaired) electrons. The van der Waals surface area contributed by atoms with Crippen LogP contribution in [0.2, 0.25) is 0 Å². The summed E-state index contributed by atoms with van der Waals surface area (Å²) in [5.74, 6) is 0.495. The molecule has 1 aromatic rings. The van der Waals surface area contributed by atoms with Gasteiger partial charge in [0.05, 0.1) is 0 Å². The summed E-state index contributed by atoms with van der Waals surface area (Å²) in [7, 11) is 1.93. The summed E-state index contributed by atoms with van der Waals surface area (Å²) in [6.45, 7) is 2.61. The highest BCUT2D eigenvalue weighted by Gasteiger charge is 2.41. The number of amides is 1. The fourth-order valence-electron chi connectivity index (χ4n) is 3.89. The zero-order valence-corrected chi connectivity index (χ0v) is 12.8. The van der Waals surface area contributed by atoms with Crippen molar-refractivity contribution in [2.45, 2.75) is 57.3 Å². The van der Waals surface area contributed by atoms with Gasteiger partial charge >= 0.3 is 0 Å². The van der Waals surface area contributed by atoms with Crippen LogP contribution in [0.3, 0.4) is 0 Å². The minimum atomic E-state index is 0.173. The molecular formula is C17H24N2O2. The van der Waals surface area contributed by atoms with Gasteiger partial charge in [0.15, 0.2) is 0 Å². The highest BCUT2D eigenvalue weighted by atomic mass is 16.3. The van der Waals surface area contributed by atoms with Gasteiger partial charge in [0.1, 0.15) is 5.75 Å². The molecule has 0 aromatic heterocycles. The Labute approximate surface area is 126 Å². The minimum absolute atomic E-state index is 0.173. The molecule has 2 fully saturated rings. The van der Waals surface area contributed by atoms with Crippen LogP contribution in [0, 0.1) is 0 Å². The highest BCUT2D eigenvalue weighted by Crippen LogP contribution is 2.38. The Bertz CT molecular complexity index is 500. The van der Waals surface area contributed by atoms with Gasteiger partial charge in [0, 0.05) is 38.6 Å². The van der Waals surface area contributed by atoms with E-state index >= 15 is 0 Å². The number of aromatic hydroxyl groups is 1. The van der Waals surface area contributed by atoms with E-state index in [4.69, 9.17) is 0 Å². The zero-order valence-electron chi connectivity index (χ0n) is 12.8. The maximum absolute atomic E-state index is 11.6. The fraction of sp³-hybridized carbons (Fsp3) is 0.588. The van der Waals surface area contributed by atoms with E-state index in [2.05, 4.69) is 4.90 Å². The van der Waals surface area contributed by atoms with Gasteiger partial charge in [0.2, 0.25) is 5.91 Å². The Morgan fingerprint density at radius 1 is 1.24 bits per heavy atom. The molecule has 114 valence electrons. The number of phenolic OH excluding ortho intramolecular Hbond substituents is 1. The average Bonchev–Trinajstić information content (AvgIpc) is 2.70. The topological polar surface area (TPSA) is 43.8 Å². The molecule has 0 spiro atoms. The summed E-state index contributed by atoms with van der Waals surface area (Å²) in [6, 6.07) is 9.09. The van der Waals surface area contributed by atoms with Gasteiger partial charge in [-0.2, -0.15) is 0 Å². The van der Waals surface area contributed by atoms with E-state index in [0.29, 0.717) is 23.9 Å². The maximum atomic E-state index is 11.6. The maximum Gasteiger partial charge on any atom is 0.219 e. The second-order valence-corrected chi connectivity index (χ2v) is 6.48. The third-order valence-corrected chi connectivity index (χ3v) is 5.21. The summed E-state index contributed by atoms with van der Waals surface area (Å²) in [5.41, 5.74) is 1.25. The van der Waals surface area contributed by atoms with E-state index in [1.807, 2.05) is 24.1 Å². The molecule has 2 aliphatic rings. The quantitative estimate of drug-likeness (QED) is 0.928. The van der Waals surface area contributed by atoms with Gasteiger partial charge in [-0.05, 0) is 43.4 Å². The normalized spacial score (nSPS) is 28.6. The SMILES string of the molecule is CC(=O)N(C)C1C[C@H]2CC[C@@H](C1)N2Cc1ccc(O)cc1. The van der Waals surface area contributed by atoms with Crippen LogP contribution in [0.4, 0.5) is 0 Å². The van der Waals surface area contributed by atoms with E-state index in [1.54, 1.807) is 19.1 Å². The predicted molar refractivity (Wildman–Crippen MR) is 81.9 cm³/mol. The van der Waals surface area contributed by atoms with Crippen molar-refractivity contribution < 1.29 is 9.90 Å². The first-order valence-corrected chi connectivity index (χ1v) is 7.81. The lowest BCUT2D eigenvalue weighted by Gasteiger charge is -2.42. The predicted octanol–water partition coefficient (Wildman–Crippen LogP) is 2.37. The fourth-order valence-corrected chi connectivity index (χ4v) is 3.89. The number of benzene rings is 1. The van der Waals surface area contributed by atoms with Crippen molar-refractivity contribution in [3.63, 3.8) is 0 Å². The summed E-state index contributed by atoms with van der Waals surface area (Å²) < 4.78 is 0. The first-order valence-electron chi connectivity index (χ1n) is 7.81. The lowest BCUT2D eigenvalue weighted by Crippen LogP contribution is -2.50. The van der Waals surface area contributed by atoms with Crippen LogP contribution < -0.4 is 0 Å². The van der Waals surface area contributed by atoms with Crippen molar-refractivity contribution in [3.8, 4) is 5.75 Å². The molecule has 2 saturated heterocycles. The summed E-state index contributed by atoms with van der Waals surface area (Å²) >= 11 is 0. The van der Waals surface area contributed by atoms with Crippen LogP contribution in [0.15, 0.2) is 24.3 Å². The van der Waals surface area contributed by atoms with Gasteiger partial charge in [-0.15, -0.1) is 0 Å². The summed E-state index contributed by atoms with van der Waals surface area (Å²) in [6.07, 6.45) is 4.66. The van der Waals surface area contributed by atoms with Gasteiger partial charge in [-0.25, -0.2) is 0 Å². The van der Waals surface area contributed by atoms with Crippen molar-refractivity contribution in [1.82, 2.24) is 9.80 Å². The molecule has 1 amide bonds. The number of phenols is 1. The number of carbonyl (C=O) groups excluding carboxylic acids is 1. The molecule has 1 N–H and O–H groups in total. The van der Waals surface area contributed by atoms with Crippen LogP contribution >= 0.6 is 0 Å². The number of hydrogen-bond donors (Lipinski definition) is 1. The lowest BCUT2D eigenvalue weighted by molar-refractivity contribution is -0.131. The Morgan fingerprint density at radius 2 is 1.81 bits per heavy atom. The number of piperidine rings is 1. The molecule has 3 rings (SSSR count). The highest BCUT2D eigenvalue weighted by molar-refractivity contribution is 5.73. The first kappa shape index (κ1) is 14.4. The number of carbonyl (C=O) groups is 1. The van der Waals surface area contributed by atoms with Crippen molar-refractivity contribution >= 4 is 5.91 Å². The van der Waals surface area contributed by atoms with Gasteiger partial charge in [0.25, 0.3) is 0 Å². The second kappa shape index (κ2) is 5.68. The Kier molecular flexibility index (Phi) is 3.89. The molecule has 2 bridgehead atoms. The van der Waals surface area contributed by atoms with Crippen molar-refractivity contribution in [1.29, 1.82) is 0 Å². The van der Waals surface area contributed by atoms with Crippen LogP contribution in [-0.2, 0) is 11.3 Å². The molecule has 3 atom stereocenters. The van der Waals surface area contributed by atoms with Crippen LogP contribution in [0.25, 0.3) is 0 Å². The van der Waals surface area contributed by atoms with E-state index in [-0.39, 0.29) is 5.91 Å². The van der Waals surface area contributed by atoms with E-state index < -0.39 is 0 Å². The number of nitrogens with zero attached hydrogens (tertiary/aromatic N) is 2. The molecular weight excluding hydrogens is 264 g/mol. The third-order valence-electron chi connectivity index (χ3n) is 5.21. The van der Waals surface area contributed by atoms with Gasteiger partial charge in [-0.3, -0.25) is 9.69 Å². The smallest absolute Gasteiger partial charge is 0.219 e. The first-order chi connectivity index (χ1) is 10.0. The average molecular weight is 288 g/mol. The molecule has 4 nitrogen and oxygen atoms in total. The standard InChI is InChI=1S/C17H24N2O2/c1-12(20)18(2)16-9-14-5-6-15(10-16)19(14)11-13-3-7-17(21)8-4-13/h3-4,7-8,14-16,21H,5-6,9-11H2,1-2H3/t14-,15+,16?. The van der Waals surface area contributed by atoms with Gasteiger partial charge in [-0.1, -0.05) is 12.1 Å². The third kappa shape index (κ3) is 2.91. The molecule has 21 heavy (non-hydrogen) atoms. The van der Waals surface area contributed by atoms with E-state index in [9.17, 15) is 9.90 Å². The Balaban J connectivity index is 1.67. The number of fused-ring (bicyclic) bond motifs is 2. The Morgan fingerprint density at radius 3 is 2.33 bits per heavy atom. The van der Waals surface area contributed by atoms with Crippen molar-refractivity contribution in [3.05, 3.63) is 29.8 Å². The molecule has 1 unspecified atom stereocenters. The van der Waals surface area contributed by atoms with Gasteiger partial charge < -0.3 is 10.0 Å². The Hall–Kier alpha value is -1.55. The number of rotatable bonds is 3. The molecule has 1 aromatic carbocycles. The zero-order chi connectivity index (χ0) is 15.0. The summed E-state index contributed by atoms with van der Waals surface area (Å²) in [5, 5.41) is 9.38. The molecule has 4 heteroatoms. The lowest BCUT2D eigenvalue weighted by atomic mass is 9.95. The van der Waals surface area contributed by atoms with E-state index in [1.165, 1.54) is 18.4 Å². The molecule has 0 saturated carbocycles. The van der Waals surface area contributed by atoms with E-state index in [0.717, 1.165) is 19.4 Å². The van der Waals surface area contributed by atoms with Crippen LogP contribution in [0.1, 0.15) is 38.2 Å².